The van der Waals surface area contributed by atoms with Gasteiger partial charge in [-0.1, -0.05) is 18.2 Å². The molecule has 0 aliphatic carbocycles. The Balaban J connectivity index is 0.00000392. The maximum Gasteiger partial charge on any atom is 0.389 e. The maximum absolute atomic E-state index is 12.2. The Kier molecular flexibility index (Phi) is 9.77. The molecular formula is C19H27F3IN5. The number of nitrogens with one attached hydrogen (secondary N) is 2. The lowest BCUT2D eigenvalue weighted by atomic mass is 10.1. The Morgan fingerprint density at radius 3 is 2.46 bits per heavy atom. The van der Waals surface area contributed by atoms with E-state index in [1.165, 1.54) is 0 Å². The van der Waals surface area contributed by atoms with E-state index in [1.54, 1.807) is 7.05 Å². The minimum absolute atomic E-state index is 0. The van der Waals surface area contributed by atoms with Crippen LogP contribution in [0.5, 0.6) is 0 Å². The summed E-state index contributed by atoms with van der Waals surface area (Å²) in [4.78, 5) is 4.12. The van der Waals surface area contributed by atoms with Crippen molar-refractivity contribution in [3.05, 3.63) is 47.3 Å². The van der Waals surface area contributed by atoms with Crippen LogP contribution in [0.3, 0.4) is 0 Å². The number of benzene rings is 1. The highest BCUT2D eigenvalue weighted by molar-refractivity contribution is 14.0. The third kappa shape index (κ3) is 7.69. The zero-order chi connectivity index (χ0) is 19.9. The summed E-state index contributed by atoms with van der Waals surface area (Å²) >= 11 is 0. The maximum atomic E-state index is 12.2. The zero-order valence-electron chi connectivity index (χ0n) is 16.3. The number of para-hydroxylation sites is 1. The minimum Gasteiger partial charge on any atom is -0.356 e. The number of unbranched alkanes of at least 4 members (excludes halogenated alkanes) is 1. The average molecular weight is 509 g/mol. The molecule has 156 valence electrons. The number of alkyl halides is 3. The lowest BCUT2D eigenvalue weighted by Crippen LogP contribution is -2.37. The molecule has 0 radical (unpaired) electrons. The molecule has 0 fully saturated rings. The van der Waals surface area contributed by atoms with Crippen molar-refractivity contribution in [1.82, 2.24) is 20.4 Å². The molecule has 2 N–H and O–H groups in total. The minimum atomic E-state index is -4.09. The van der Waals surface area contributed by atoms with Gasteiger partial charge in [-0.3, -0.25) is 4.99 Å². The molecule has 0 saturated heterocycles. The van der Waals surface area contributed by atoms with Crippen LogP contribution in [-0.4, -0.2) is 35.5 Å². The summed E-state index contributed by atoms with van der Waals surface area (Å²) in [5, 5.41) is 10.8. The van der Waals surface area contributed by atoms with Crippen molar-refractivity contribution in [1.29, 1.82) is 0 Å². The first-order valence-electron chi connectivity index (χ1n) is 8.93. The Hall–Kier alpha value is -1.78. The molecular weight excluding hydrogens is 482 g/mol. The van der Waals surface area contributed by atoms with Crippen molar-refractivity contribution < 1.29 is 13.2 Å². The van der Waals surface area contributed by atoms with Crippen molar-refractivity contribution in [2.75, 3.05) is 13.6 Å². The highest BCUT2D eigenvalue weighted by atomic mass is 127. The molecule has 0 aliphatic heterocycles. The molecule has 0 unspecified atom stereocenters. The summed E-state index contributed by atoms with van der Waals surface area (Å²) in [7, 11) is 1.64. The quantitative estimate of drug-likeness (QED) is 0.250. The summed E-state index contributed by atoms with van der Waals surface area (Å²) in [6.07, 6.45) is -4.31. The first-order valence-corrected chi connectivity index (χ1v) is 8.93. The van der Waals surface area contributed by atoms with Gasteiger partial charge in [0.2, 0.25) is 0 Å². The second-order valence-corrected chi connectivity index (χ2v) is 6.39. The predicted molar refractivity (Wildman–Crippen MR) is 117 cm³/mol. The number of hydrogen-bond acceptors (Lipinski definition) is 2. The standard InChI is InChI=1S/C19H26F3N5.HI/c1-14-12-15(2)27(26-14)17-9-5-4-8-16(17)13-25-18(23-3)24-11-7-6-10-19(20,21)22;/h4-5,8-9,12H,6-7,10-11,13H2,1-3H3,(H2,23,24,25);1H. The van der Waals surface area contributed by atoms with Crippen molar-refractivity contribution in [3.63, 3.8) is 0 Å². The van der Waals surface area contributed by atoms with Crippen LogP contribution >= 0.6 is 24.0 Å². The summed E-state index contributed by atoms with van der Waals surface area (Å²) in [6, 6.07) is 9.95. The van der Waals surface area contributed by atoms with E-state index in [4.69, 9.17) is 0 Å². The van der Waals surface area contributed by atoms with Gasteiger partial charge in [0, 0.05) is 32.3 Å². The van der Waals surface area contributed by atoms with E-state index in [1.807, 2.05) is 48.9 Å². The molecule has 2 aromatic rings. The Bertz CT molecular complexity index is 771. The van der Waals surface area contributed by atoms with Crippen LogP contribution in [0.15, 0.2) is 35.3 Å². The number of hydrogen-bond donors (Lipinski definition) is 2. The zero-order valence-corrected chi connectivity index (χ0v) is 18.6. The van der Waals surface area contributed by atoms with Gasteiger partial charge < -0.3 is 10.6 Å². The van der Waals surface area contributed by atoms with Crippen LogP contribution in [0, 0.1) is 13.8 Å². The molecule has 28 heavy (non-hydrogen) atoms. The summed E-state index contributed by atoms with van der Waals surface area (Å²) < 4.78 is 38.4. The lowest BCUT2D eigenvalue weighted by molar-refractivity contribution is -0.135. The number of rotatable bonds is 7. The summed E-state index contributed by atoms with van der Waals surface area (Å²) in [5.74, 6) is 0.560. The first-order chi connectivity index (χ1) is 12.8. The molecule has 2 rings (SSSR count). The van der Waals surface area contributed by atoms with Crippen molar-refractivity contribution in [2.45, 2.75) is 45.8 Å². The van der Waals surface area contributed by atoms with Crippen LogP contribution < -0.4 is 10.6 Å². The van der Waals surface area contributed by atoms with Gasteiger partial charge in [0.25, 0.3) is 0 Å². The number of guanidine groups is 1. The smallest absolute Gasteiger partial charge is 0.356 e. The van der Waals surface area contributed by atoms with Gasteiger partial charge in [-0.25, -0.2) is 4.68 Å². The molecule has 1 aromatic carbocycles. The second kappa shape index (κ2) is 11.3. The van der Waals surface area contributed by atoms with Gasteiger partial charge in [0.1, 0.15) is 0 Å². The van der Waals surface area contributed by atoms with E-state index in [-0.39, 0.29) is 30.4 Å². The Morgan fingerprint density at radius 2 is 1.86 bits per heavy atom. The fraction of sp³-hybridized carbons (Fsp3) is 0.474. The normalized spacial score (nSPS) is 11.9. The van der Waals surface area contributed by atoms with E-state index in [0.717, 1.165) is 22.6 Å². The van der Waals surface area contributed by atoms with Crippen LogP contribution in [0.25, 0.3) is 5.69 Å². The molecule has 0 spiro atoms. The van der Waals surface area contributed by atoms with Gasteiger partial charge in [-0.2, -0.15) is 18.3 Å². The predicted octanol–water partition coefficient (Wildman–Crippen LogP) is 4.50. The number of halogens is 4. The van der Waals surface area contributed by atoms with Crippen LogP contribution in [0.1, 0.15) is 36.2 Å². The van der Waals surface area contributed by atoms with Crippen molar-refractivity contribution in [3.8, 4) is 5.69 Å². The van der Waals surface area contributed by atoms with Crippen LogP contribution in [0.2, 0.25) is 0 Å². The number of aryl methyl sites for hydroxylation is 2. The van der Waals surface area contributed by atoms with Crippen molar-refractivity contribution in [2.24, 2.45) is 4.99 Å². The second-order valence-electron chi connectivity index (χ2n) is 6.39. The molecule has 1 aromatic heterocycles. The van der Waals surface area contributed by atoms with Crippen LogP contribution in [0.4, 0.5) is 13.2 Å². The summed E-state index contributed by atoms with van der Waals surface area (Å²) in [6.45, 7) is 4.92. The highest BCUT2D eigenvalue weighted by Crippen LogP contribution is 2.21. The topological polar surface area (TPSA) is 54.2 Å². The van der Waals surface area contributed by atoms with Gasteiger partial charge >= 0.3 is 6.18 Å². The molecule has 9 heteroatoms. The molecule has 0 saturated carbocycles. The lowest BCUT2D eigenvalue weighted by Gasteiger charge is -2.15. The van der Waals surface area contributed by atoms with Gasteiger partial charge in [-0.15, -0.1) is 24.0 Å². The largest absolute Gasteiger partial charge is 0.389 e. The van der Waals surface area contributed by atoms with Gasteiger partial charge in [0.05, 0.1) is 11.4 Å². The highest BCUT2D eigenvalue weighted by Gasteiger charge is 2.25. The van der Waals surface area contributed by atoms with Gasteiger partial charge in [0.15, 0.2) is 5.96 Å². The molecule has 5 nitrogen and oxygen atoms in total. The van der Waals surface area contributed by atoms with E-state index >= 15 is 0 Å². The molecule has 0 amide bonds. The number of aliphatic imine (C=N–C) groups is 1. The van der Waals surface area contributed by atoms with Gasteiger partial charge in [-0.05, 0) is 44.4 Å². The number of aromatic nitrogens is 2. The molecule has 0 atom stereocenters. The number of nitrogens with zero attached hydrogens (tertiary/aromatic N) is 3. The Labute approximate surface area is 180 Å². The van der Waals surface area contributed by atoms with Crippen LogP contribution in [-0.2, 0) is 6.54 Å². The monoisotopic (exact) mass is 509 g/mol. The fourth-order valence-electron chi connectivity index (χ4n) is 2.80. The third-order valence-corrected chi connectivity index (χ3v) is 4.08. The first kappa shape index (κ1) is 24.3. The Morgan fingerprint density at radius 1 is 1.14 bits per heavy atom. The molecule has 0 aliphatic rings. The fourth-order valence-corrected chi connectivity index (χ4v) is 2.80. The van der Waals surface area contributed by atoms with E-state index < -0.39 is 12.6 Å². The average Bonchev–Trinajstić information content (AvgIpc) is 2.94. The molecule has 0 bridgehead atoms. The third-order valence-electron chi connectivity index (χ3n) is 4.08. The SMILES string of the molecule is CN=C(NCCCCC(F)(F)F)NCc1ccccc1-n1nc(C)cc1C.I. The van der Waals surface area contributed by atoms with E-state index in [0.29, 0.717) is 25.5 Å². The van der Waals surface area contributed by atoms with E-state index in [2.05, 4.69) is 20.7 Å². The van der Waals surface area contributed by atoms with Crippen molar-refractivity contribution >= 4 is 29.9 Å². The van der Waals surface area contributed by atoms with E-state index in [9.17, 15) is 13.2 Å². The molecule has 1 heterocycles. The summed E-state index contributed by atoms with van der Waals surface area (Å²) in [5.41, 5.74) is 4.03.